The predicted molar refractivity (Wildman–Crippen MR) is 66.7 cm³/mol. The van der Waals surface area contributed by atoms with Gasteiger partial charge in [-0.25, -0.2) is 14.4 Å². The van der Waals surface area contributed by atoms with Gasteiger partial charge in [0.25, 0.3) is 0 Å². The summed E-state index contributed by atoms with van der Waals surface area (Å²) in [4.78, 5) is 18.8. The van der Waals surface area contributed by atoms with E-state index in [-0.39, 0.29) is 12.2 Å². The smallest absolute Gasteiger partial charge is 0.320 e. The summed E-state index contributed by atoms with van der Waals surface area (Å²) in [7, 11) is 0. The van der Waals surface area contributed by atoms with E-state index in [0.717, 1.165) is 0 Å². The number of halogens is 1. The van der Waals surface area contributed by atoms with E-state index >= 15 is 0 Å². The highest BCUT2D eigenvalue weighted by Gasteiger charge is 2.14. The van der Waals surface area contributed by atoms with Gasteiger partial charge in [-0.1, -0.05) is 12.1 Å². The van der Waals surface area contributed by atoms with E-state index in [0.29, 0.717) is 17.1 Å². The number of nitrogens with zero attached hydrogens (tertiary/aromatic N) is 2. The molecule has 1 aromatic carbocycles. The van der Waals surface area contributed by atoms with Gasteiger partial charge in [-0.15, -0.1) is 0 Å². The molecule has 2 rings (SSSR count). The highest BCUT2D eigenvalue weighted by molar-refractivity contribution is 5.73. The van der Waals surface area contributed by atoms with Crippen LogP contribution in [0.4, 0.5) is 4.39 Å². The van der Waals surface area contributed by atoms with Crippen molar-refractivity contribution in [2.24, 2.45) is 5.73 Å². The van der Waals surface area contributed by atoms with Crippen LogP contribution in [0.2, 0.25) is 0 Å². The van der Waals surface area contributed by atoms with Crippen LogP contribution < -0.4 is 5.73 Å². The minimum absolute atomic E-state index is 0.0263. The first-order valence-corrected chi connectivity index (χ1v) is 5.62. The molecular formula is C13H12FN3O2. The van der Waals surface area contributed by atoms with Gasteiger partial charge in [0.05, 0.1) is 5.69 Å². The predicted octanol–water partition coefficient (Wildman–Crippen LogP) is 1.24. The lowest BCUT2D eigenvalue weighted by Gasteiger charge is -2.06. The van der Waals surface area contributed by atoms with Gasteiger partial charge in [-0.2, -0.15) is 0 Å². The molecule has 0 radical (unpaired) electrons. The Balaban J connectivity index is 2.27. The summed E-state index contributed by atoms with van der Waals surface area (Å²) in [6, 6.07) is 6.56. The molecule has 0 aliphatic carbocycles. The van der Waals surface area contributed by atoms with Crippen LogP contribution in [0.15, 0.2) is 36.5 Å². The van der Waals surface area contributed by atoms with E-state index in [4.69, 9.17) is 10.8 Å². The molecule has 1 atom stereocenters. The van der Waals surface area contributed by atoms with E-state index in [1.807, 2.05) is 0 Å². The summed E-state index contributed by atoms with van der Waals surface area (Å²) < 4.78 is 13.1. The van der Waals surface area contributed by atoms with Crippen molar-refractivity contribution in [3.05, 3.63) is 48.2 Å². The van der Waals surface area contributed by atoms with Gasteiger partial charge in [-0.05, 0) is 18.2 Å². The van der Waals surface area contributed by atoms with Crippen molar-refractivity contribution in [1.29, 1.82) is 0 Å². The average molecular weight is 261 g/mol. The Morgan fingerprint density at radius 3 is 2.89 bits per heavy atom. The molecule has 19 heavy (non-hydrogen) atoms. The molecule has 0 saturated heterocycles. The van der Waals surface area contributed by atoms with E-state index in [1.165, 1.54) is 18.3 Å². The summed E-state index contributed by atoms with van der Waals surface area (Å²) in [6.45, 7) is 0. The number of hydrogen-bond acceptors (Lipinski definition) is 4. The number of aliphatic carboxylic acids is 1. The SMILES string of the molecule is NC(Cc1nccc(-c2cccc(F)c2)n1)C(=O)O. The Morgan fingerprint density at radius 1 is 1.42 bits per heavy atom. The monoisotopic (exact) mass is 261 g/mol. The second-order valence-electron chi connectivity index (χ2n) is 4.02. The van der Waals surface area contributed by atoms with E-state index in [2.05, 4.69) is 9.97 Å². The van der Waals surface area contributed by atoms with Crippen molar-refractivity contribution in [3.63, 3.8) is 0 Å². The standard InChI is InChI=1S/C13H12FN3O2/c14-9-3-1-2-8(6-9)11-4-5-16-12(17-11)7-10(15)13(18)19/h1-6,10H,7,15H2,(H,18,19). The van der Waals surface area contributed by atoms with Crippen molar-refractivity contribution >= 4 is 5.97 Å². The van der Waals surface area contributed by atoms with Gasteiger partial charge in [0.2, 0.25) is 0 Å². The molecular weight excluding hydrogens is 249 g/mol. The molecule has 1 aromatic heterocycles. The summed E-state index contributed by atoms with van der Waals surface area (Å²) in [5, 5.41) is 8.74. The number of aromatic nitrogens is 2. The number of hydrogen-bond donors (Lipinski definition) is 2. The van der Waals surface area contributed by atoms with Crippen LogP contribution in [0, 0.1) is 5.82 Å². The van der Waals surface area contributed by atoms with Crippen molar-refractivity contribution in [2.75, 3.05) is 0 Å². The van der Waals surface area contributed by atoms with Gasteiger partial charge in [0, 0.05) is 18.2 Å². The normalized spacial score (nSPS) is 12.1. The van der Waals surface area contributed by atoms with Crippen LogP contribution in [0.3, 0.4) is 0 Å². The maximum Gasteiger partial charge on any atom is 0.320 e. The Hall–Kier alpha value is -2.34. The average Bonchev–Trinajstić information content (AvgIpc) is 2.39. The topological polar surface area (TPSA) is 89.1 Å². The zero-order chi connectivity index (χ0) is 13.8. The minimum atomic E-state index is -1.11. The Bertz CT molecular complexity index is 604. The molecule has 98 valence electrons. The Labute approximate surface area is 108 Å². The van der Waals surface area contributed by atoms with Crippen LogP contribution in [0.5, 0.6) is 0 Å². The van der Waals surface area contributed by atoms with Crippen molar-refractivity contribution in [2.45, 2.75) is 12.5 Å². The molecule has 0 amide bonds. The highest BCUT2D eigenvalue weighted by Crippen LogP contribution is 2.17. The van der Waals surface area contributed by atoms with Crippen LogP contribution in [-0.2, 0) is 11.2 Å². The summed E-state index contributed by atoms with van der Waals surface area (Å²) in [6.07, 6.45) is 1.52. The lowest BCUT2D eigenvalue weighted by atomic mass is 10.1. The van der Waals surface area contributed by atoms with Crippen LogP contribution in [-0.4, -0.2) is 27.1 Å². The largest absolute Gasteiger partial charge is 0.480 e. The zero-order valence-corrected chi connectivity index (χ0v) is 9.95. The van der Waals surface area contributed by atoms with Crippen LogP contribution >= 0.6 is 0 Å². The number of carboxylic acid groups (broad SMARTS) is 1. The lowest BCUT2D eigenvalue weighted by Crippen LogP contribution is -2.32. The number of carboxylic acids is 1. The molecule has 0 aliphatic heterocycles. The summed E-state index contributed by atoms with van der Waals surface area (Å²) in [5.41, 5.74) is 6.56. The molecule has 5 nitrogen and oxygen atoms in total. The molecule has 6 heteroatoms. The summed E-state index contributed by atoms with van der Waals surface area (Å²) >= 11 is 0. The molecule has 0 saturated carbocycles. The van der Waals surface area contributed by atoms with Gasteiger partial charge in [-0.3, -0.25) is 4.79 Å². The first-order chi connectivity index (χ1) is 9.06. The molecule has 1 unspecified atom stereocenters. The second kappa shape index (κ2) is 5.53. The maximum atomic E-state index is 13.1. The molecule has 2 aromatic rings. The third kappa shape index (κ3) is 3.32. The molecule has 0 aliphatic rings. The van der Waals surface area contributed by atoms with Gasteiger partial charge in [0.1, 0.15) is 17.7 Å². The number of rotatable bonds is 4. The second-order valence-corrected chi connectivity index (χ2v) is 4.02. The van der Waals surface area contributed by atoms with E-state index in [1.54, 1.807) is 18.2 Å². The molecule has 0 fully saturated rings. The van der Waals surface area contributed by atoms with Gasteiger partial charge >= 0.3 is 5.97 Å². The fourth-order valence-electron chi connectivity index (χ4n) is 1.59. The minimum Gasteiger partial charge on any atom is -0.480 e. The van der Waals surface area contributed by atoms with Crippen LogP contribution in [0.25, 0.3) is 11.3 Å². The third-order valence-electron chi connectivity index (χ3n) is 2.55. The molecule has 1 heterocycles. The fraction of sp³-hybridized carbons (Fsp3) is 0.154. The fourth-order valence-corrected chi connectivity index (χ4v) is 1.59. The van der Waals surface area contributed by atoms with Gasteiger partial charge in [0.15, 0.2) is 0 Å². The lowest BCUT2D eigenvalue weighted by molar-refractivity contribution is -0.138. The molecule has 0 bridgehead atoms. The quantitative estimate of drug-likeness (QED) is 0.864. The van der Waals surface area contributed by atoms with Crippen molar-refractivity contribution in [1.82, 2.24) is 9.97 Å². The molecule has 3 N–H and O–H groups in total. The number of carbonyl (C=O) groups is 1. The van der Waals surface area contributed by atoms with E-state index in [9.17, 15) is 9.18 Å². The first kappa shape index (κ1) is 13.1. The third-order valence-corrected chi connectivity index (χ3v) is 2.55. The van der Waals surface area contributed by atoms with Crippen molar-refractivity contribution in [3.8, 4) is 11.3 Å². The Morgan fingerprint density at radius 2 is 2.21 bits per heavy atom. The zero-order valence-electron chi connectivity index (χ0n) is 9.95. The maximum absolute atomic E-state index is 13.1. The molecule has 0 spiro atoms. The van der Waals surface area contributed by atoms with Crippen LogP contribution in [0.1, 0.15) is 5.82 Å². The van der Waals surface area contributed by atoms with Gasteiger partial charge < -0.3 is 10.8 Å². The number of benzene rings is 1. The van der Waals surface area contributed by atoms with E-state index < -0.39 is 12.0 Å². The number of nitrogens with two attached hydrogens (primary N) is 1. The first-order valence-electron chi connectivity index (χ1n) is 5.62. The summed E-state index contributed by atoms with van der Waals surface area (Å²) in [5.74, 6) is -1.16. The highest BCUT2D eigenvalue weighted by atomic mass is 19.1. The van der Waals surface area contributed by atoms with Crippen molar-refractivity contribution < 1.29 is 14.3 Å². The Kier molecular flexibility index (Phi) is 3.82.